The third kappa shape index (κ3) is 3.95. The Kier molecular flexibility index (Phi) is 4.78. The molecule has 94 valence electrons. The van der Waals surface area contributed by atoms with Crippen LogP contribution in [0, 0.1) is 0 Å². The minimum Gasteiger partial charge on any atom is -0.381 e. The first-order chi connectivity index (χ1) is 8.28. The predicted octanol–water partition coefficient (Wildman–Crippen LogP) is 4.34. The Bertz CT molecular complexity index is 333. The van der Waals surface area contributed by atoms with Crippen molar-refractivity contribution >= 4 is 17.4 Å². The van der Waals surface area contributed by atoms with Gasteiger partial charge >= 0.3 is 0 Å². The Labute approximate surface area is 109 Å². The number of aryl methyl sites for hydroxylation is 1. The van der Waals surface area contributed by atoms with Crippen molar-refractivity contribution in [1.29, 1.82) is 0 Å². The van der Waals surface area contributed by atoms with Crippen molar-refractivity contribution in [2.24, 2.45) is 0 Å². The van der Waals surface area contributed by atoms with E-state index in [-0.39, 0.29) is 0 Å². The molecule has 0 amide bonds. The Morgan fingerprint density at radius 2 is 2.06 bits per heavy atom. The molecule has 1 N–H and O–H groups in total. The van der Waals surface area contributed by atoms with E-state index in [4.69, 9.17) is 0 Å². The Hall–Kier alpha value is -0.630. The SMILES string of the molecule is CCCCc1ccc(NC2CSC(C)C2)cc1. The first-order valence-electron chi connectivity index (χ1n) is 6.75. The summed E-state index contributed by atoms with van der Waals surface area (Å²) >= 11 is 2.08. The smallest absolute Gasteiger partial charge is 0.0362 e. The van der Waals surface area contributed by atoms with Gasteiger partial charge in [-0.25, -0.2) is 0 Å². The molecule has 1 aromatic carbocycles. The number of unbranched alkanes of at least 4 members (excludes halogenated alkanes) is 1. The average Bonchev–Trinajstić information content (AvgIpc) is 2.74. The molecular formula is C15H23NS. The van der Waals surface area contributed by atoms with Crippen molar-refractivity contribution in [1.82, 2.24) is 0 Å². The van der Waals surface area contributed by atoms with Crippen LogP contribution in [0.1, 0.15) is 38.7 Å². The lowest BCUT2D eigenvalue weighted by Crippen LogP contribution is -2.18. The van der Waals surface area contributed by atoms with Gasteiger partial charge in [-0.2, -0.15) is 11.8 Å². The first-order valence-corrected chi connectivity index (χ1v) is 7.80. The fourth-order valence-corrected chi connectivity index (χ4v) is 3.45. The topological polar surface area (TPSA) is 12.0 Å². The molecular weight excluding hydrogens is 226 g/mol. The molecule has 2 unspecified atom stereocenters. The van der Waals surface area contributed by atoms with Gasteiger partial charge in [-0.05, 0) is 37.0 Å². The molecule has 1 aliphatic rings. The second-order valence-electron chi connectivity index (χ2n) is 5.02. The molecule has 1 aliphatic heterocycles. The molecule has 0 bridgehead atoms. The summed E-state index contributed by atoms with van der Waals surface area (Å²) in [7, 11) is 0. The molecule has 2 rings (SSSR count). The number of hydrogen-bond donors (Lipinski definition) is 1. The zero-order chi connectivity index (χ0) is 12.1. The van der Waals surface area contributed by atoms with E-state index in [1.165, 1.54) is 42.7 Å². The molecule has 0 saturated carbocycles. The molecule has 1 fully saturated rings. The van der Waals surface area contributed by atoms with Crippen LogP contribution in [-0.4, -0.2) is 17.0 Å². The van der Waals surface area contributed by atoms with Gasteiger partial charge in [0.15, 0.2) is 0 Å². The van der Waals surface area contributed by atoms with Crippen molar-refractivity contribution in [3.8, 4) is 0 Å². The van der Waals surface area contributed by atoms with Crippen molar-refractivity contribution in [3.63, 3.8) is 0 Å². The summed E-state index contributed by atoms with van der Waals surface area (Å²) in [5.41, 5.74) is 2.75. The summed E-state index contributed by atoms with van der Waals surface area (Å²) < 4.78 is 0. The van der Waals surface area contributed by atoms with E-state index in [0.717, 1.165) is 5.25 Å². The third-order valence-electron chi connectivity index (χ3n) is 3.34. The van der Waals surface area contributed by atoms with E-state index in [2.05, 4.69) is 55.2 Å². The molecule has 0 radical (unpaired) electrons. The molecule has 0 spiro atoms. The summed E-state index contributed by atoms with van der Waals surface area (Å²) in [6, 6.07) is 9.67. The van der Waals surface area contributed by atoms with E-state index in [1.54, 1.807) is 0 Å². The standard InChI is InChI=1S/C15H23NS/c1-3-4-5-13-6-8-14(9-7-13)16-15-10-12(2)17-11-15/h6-9,12,15-16H,3-5,10-11H2,1-2H3. The Morgan fingerprint density at radius 1 is 1.29 bits per heavy atom. The summed E-state index contributed by atoms with van der Waals surface area (Å²) in [5, 5.41) is 4.45. The summed E-state index contributed by atoms with van der Waals surface area (Å²) in [5.74, 6) is 1.25. The van der Waals surface area contributed by atoms with Gasteiger partial charge in [0.05, 0.1) is 0 Å². The normalized spacial score (nSPS) is 23.9. The number of benzene rings is 1. The van der Waals surface area contributed by atoms with Gasteiger partial charge in [0, 0.05) is 22.7 Å². The summed E-state index contributed by atoms with van der Waals surface area (Å²) in [6.45, 7) is 4.56. The maximum Gasteiger partial charge on any atom is 0.0362 e. The monoisotopic (exact) mass is 249 g/mol. The summed E-state index contributed by atoms with van der Waals surface area (Å²) in [4.78, 5) is 0. The van der Waals surface area contributed by atoms with Gasteiger partial charge in [0.25, 0.3) is 0 Å². The zero-order valence-corrected chi connectivity index (χ0v) is 11.7. The average molecular weight is 249 g/mol. The van der Waals surface area contributed by atoms with Crippen LogP contribution in [0.4, 0.5) is 5.69 Å². The molecule has 1 nitrogen and oxygen atoms in total. The van der Waals surface area contributed by atoms with Crippen LogP contribution >= 0.6 is 11.8 Å². The lowest BCUT2D eigenvalue weighted by atomic mass is 10.1. The van der Waals surface area contributed by atoms with Crippen LogP contribution < -0.4 is 5.32 Å². The van der Waals surface area contributed by atoms with Crippen LogP contribution in [0.25, 0.3) is 0 Å². The lowest BCUT2D eigenvalue weighted by molar-refractivity contribution is 0.747. The van der Waals surface area contributed by atoms with Gasteiger partial charge in [0.1, 0.15) is 0 Å². The van der Waals surface area contributed by atoms with Crippen molar-refractivity contribution in [2.75, 3.05) is 11.1 Å². The second kappa shape index (κ2) is 6.34. The Balaban J connectivity index is 1.85. The predicted molar refractivity (Wildman–Crippen MR) is 79.0 cm³/mol. The maximum absolute atomic E-state index is 3.63. The van der Waals surface area contributed by atoms with E-state index >= 15 is 0 Å². The first kappa shape index (κ1) is 12.8. The highest BCUT2D eigenvalue weighted by molar-refractivity contribution is 8.00. The molecule has 1 aromatic rings. The number of thioether (sulfide) groups is 1. The van der Waals surface area contributed by atoms with E-state index < -0.39 is 0 Å². The van der Waals surface area contributed by atoms with Crippen LogP contribution in [0.3, 0.4) is 0 Å². The van der Waals surface area contributed by atoms with Crippen LogP contribution in [-0.2, 0) is 6.42 Å². The molecule has 1 saturated heterocycles. The number of anilines is 1. The molecule has 1 heterocycles. The highest BCUT2D eigenvalue weighted by Crippen LogP contribution is 2.28. The number of nitrogens with one attached hydrogen (secondary N) is 1. The number of hydrogen-bond acceptors (Lipinski definition) is 2. The molecule has 0 aromatic heterocycles. The molecule has 0 aliphatic carbocycles. The third-order valence-corrected chi connectivity index (χ3v) is 4.70. The zero-order valence-electron chi connectivity index (χ0n) is 10.9. The van der Waals surface area contributed by atoms with E-state index in [9.17, 15) is 0 Å². The minimum absolute atomic E-state index is 0.663. The highest BCUT2D eigenvalue weighted by atomic mass is 32.2. The largest absolute Gasteiger partial charge is 0.381 e. The van der Waals surface area contributed by atoms with Gasteiger partial charge in [0.2, 0.25) is 0 Å². The van der Waals surface area contributed by atoms with Crippen molar-refractivity contribution in [2.45, 2.75) is 50.8 Å². The van der Waals surface area contributed by atoms with E-state index in [0.29, 0.717) is 6.04 Å². The maximum atomic E-state index is 3.63. The molecule has 2 heteroatoms. The van der Waals surface area contributed by atoms with E-state index in [1.807, 2.05) is 0 Å². The van der Waals surface area contributed by atoms with Crippen LogP contribution in [0.2, 0.25) is 0 Å². The van der Waals surface area contributed by atoms with Crippen molar-refractivity contribution < 1.29 is 0 Å². The highest BCUT2D eigenvalue weighted by Gasteiger charge is 2.21. The van der Waals surface area contributed by atoms with Gasteiger partial charge in [-0.1, -0.05) is 32.4 Å². The quantitative estimate of drug-likeness (QED) is 0.833. The van der Waals surface area contributed by atoms with Crippen molar-refractivity contribution in [3.05, 3.63) is 29.8 Å². The van der Waals surface area contributed by atoms with Gasteiger partial charge < -0.3 is 5.32 Å². The summed E-state index contributed by atoms with van der Waals surface area (Å²) in [6.07, 6.45) is 5.08. The fraction of sp³-hybridized carbons (Fsp3) is 0.600. The number of rotatable bonds is 5. The lowest BCUT2D eigenvalue weighted by Gasteiger charge is -2.13. The van der Waals surface area contributed by atoms with Crippen LogP contribution in [0.15, 0.2) is 24.3 Å². The second-order valence-corrected chi connectivity index (χ2v) is 6.49. The minimum atomic E-state index is 0.663. The fourth-order valence-electron chi connectivity index (χ4n) is 2.30. The molecule has 17 heavy (non-hydrogen) atoms. The van der Waals surface area contributed by atoms with Gasteiger partial charge in [-0.15, -0.1) is 0 Å². The van der Waals surface area contributed by atoms with Gasteiger partial charge in [-0.3, -0.25) is 0 Å². The molecule has 2 atom stereocenters. The Morgan fingerprint density at radius 3 is 2.65 bits per heavy atom. The van der Waals surface area contributed by atoms with Crippen LogP contribution in [0.5, 0.6) is 0 Å².